The fourth-order valence-electron chi connectivity index (χ4n) is 2.10. The van der Waals surface area contributed by atoms with Crippen LogP contribution in [0.3, 0.4) is 0 Å². The maximum absolute atomic E-state index is 13.7. The van der Waals surface area contributed by atoms with E-state index in [1.54, 1.807) is 18.3 Å². The lowest BCUT2D eigenvalue weighted by Gasteiger charge is -2.19. The first-order valence-corrected chi connectivity index (χ1v) is 6.91. The summed E-state index contributed by atoms with van der Waals surface area (Å²) in [4.78, 5) is 6.23. The number of aliphatic hydroxyl groups is 1. The smallest absolute Gasteiger partial charge is 0.128 e. The van der Waals surface area contributed by atoms with Crippen molar-refractivity contribution in [2.45, 2.75) is 13.0 Å². The average molecular weight is 289 g/mol. The quantitative estimate of drug-likeness (QED) is 0.858. The summed E-state index contributed by atoms with van der Waals surface area (Å²) in [5, 5.41) is 12.1. The Morgan fingerprint density at radius 3 is 2.67 bits per heavy atom. The molecule has 1 aromatic heterocycles. The lowest BCUT2D eigenvalue weighted by Crippen LogP contribution is -2.21. The summed E-state index contributed by atoms with van der Waals surface area (Å²) in [6.45, 7) is 2.55. The second-order valence-electron chi connectivity index (χ2n) is 4.93. The number of likely N-dealkylation sites (N-methyl/N-ethyl adjacent to an activating group) is 1. The van der Waals surface area contributed by atoms with Crippen LogP contribution < -0.4 is 10.2 Å². The minimum absolute atomic E-state index is 0.0980. The van der Waals surface area contributed by atoms with Crippen molar-refractivity contribution in [3.8, 4) is 0 Å². The van der Waals surface area contributed by atoms with E-state index in [1.807, 2.05) is 37.1 Å². The number of benzene rings is 1. The molecule has 112 valence electrons. The van der Waals surface area contributed by atoms with Crippen LogP contribution >= 0.6 is 0 Å². The van der Waals surface area contributed by atoms with Gasteiger partial charge in [-0.1, -0.05) is 18.2 Å². The molecular weight excluding hydrogens is 269 g/mol. The molecule has 0 spiro atoms. The van der Waals surface area contributed by atoms with E-state index < -0.39 is 0 Å². The summed E-state index contributed by atoms with van der Waals surface area (Å²) in [6.07, 6.45) is 1.73. The number of aromatic nitrogens is 1. The number of halogens is 1. The number of hydrogen-bond acceptors (Lipinski definition) is 4. The van der Waals surface area contributed by atoms with Crippen LogP contribution in [0.2, 0.25) is 0 Å². The summed E-state index contributed by atoms with van der Waals surface area (Å²) in [6, 6.07) is 10.3. The number of pyridine rings is 1. The standard InChI is InChI=1S/C16H20FN3O/c1-12(14-5-3-4-6-15(14)17)19-16-8-7-13(11-18-16)20(2)9-10-21/h3-8,11-12,21H,9-10H2,1-2H3,(H,18,19). The molecule has 0 radical (unpaired) electrons. The Morgan fingerprint density at radius 1 is 1.29 bits per heavy atom. The second kappa shape index (κ2) is 7.04. The van der Waals surface area contributed by atoms with Crippen molar-refractivity contribution in [1.82, 2.24) is 4.98 Å². The van der Waals surface area contributed by atoms with E-state index in [0.717, 1.165) is 5.69 Å². The van der Waals surface area contributed by atoms with Gasteiger partial charge in [0.05, 0.1) is 24.5 Å². The molecule has 0 aliphatic rings. The number of hydrogen-bond donors (Lipinski definition) is 2. The second-order valence-corrected chi connectivity index (χ2v) is 4.93. The molecular formula is C16H20FN3O. The summed E-state index contributed by atoms with van der Waals surface area (Å²) in [7, 11) is 1.89. The van der Waals surface area contributed by atoms with Crippen molar-refractivity contribution in [2.24, 2.45) is 0 Å². The van der Waals surface area contributed by atoms with Crippen molar-refractivity contribution in [1.29, 1.82) is 0 Å². The number of anilines is 2. The summed E-state index contributed by atoms with van der Waals surface area (Å²) in [5.41, 5.74) is 1.54. The molecule has 2 aromatic rings. The topological polar surface area (TPSA) is 48.4 Å². The zero-order valence-corrected chi connectivity index (χ0v) is 12.3. The Hall–Kier alpha value is -2.14. The van der Waals surface area contributed by atoms with Crippen LogP contribution in [0.1, 0.15) is 18.5 Å². The monoisotopic (exact) mass is 289 g/mol. The molecule has 0 aliphatic carbocycles. The fourth-order valence-corrected chi connectivity index (χ4v) is 2.10. The lowest BCUT2D eigenvalue weighted by atomic mass is 10.1. The molecule has 0 saturated heterocycles. The summed E-state index contributed by atoms with van der Waals surface area (Å²) >= 11 is 0. The molecule has 0 amide bonds. The van der Waals surface area contributed by atoms with E-state index in [4.69, 9.17) is 5.11 Å². The van der Waals surface area contributed by atoms with Gasteiger partial charge in [-0.3, -0.25) is 0 Å². The zero-order chi connectivity index (χ0) is 15.2. The molecule has 21 heavy (non-hydrogen) atoms. The van der Waals surface area contributed by atoms with Crippen LogP contribution in [0.5, 0.6) is 0 Å². The first-order chi connectivity index (χ1) is 10.1. The summed E-state index contributed by atoms with van der Waals surface area (Å²) in [5.74, 6) is 0.462. The van der Waals surface area contributed by atoms with Crippen molar-refractivity contribution < 1.29 is 9.50 Å². The molecule has 1 atom stereocenters. The minimum Gasteiger partial charge on any atom is -0.395 e. The predicted octanol–water partition coefficient (Wildman–Crippen LogP) is 2.82. The Labute approximate surface area is 124 Å². The highest BCUT2D eigenvalue weighted by molar-refractivity contribution is 5.49. The summed E-state index contributed by atoms with van der Waals surface area (Å²) < 4.78 is 13.7. The fraction of sp³-hybridized carbons (Fsp3) is 0.312. The normalized spacial score (nSPS) is 12.0. The molecule has 2 rings (SSSR count). The van der Waals surface area contributed by atoms with Gasteiger partial charge >= 0.3 is 0 Å². The highest BCUT2D eigenvalue weighted by Crippen LogP contribution is 2.21. The Morgan fingerprint density at radius 2 is 2.05 bits per heavy atom. The molecule has 1 unspecified atom stereocenters. The largest absolute Gasteiger partial charge is 0.395 e. The van der Waals surface area contributed by atoms with Crippen molar-refractivity contribution >= 4 is 11.5 Å². The molecule has 1 aromatic carbocycles. The van der Waals surface area contributed by atoms with Gasteiger partial charge in [0.25, 0.3) is 0 Å². The number of nitrogens with zero attached hydrogens (tertiary/aromatic N) is 2. The minimum atomic E-state index is -0.225. The third-order valence-corrected chi connectivity index (χ3v) is 3.36. The van der Waals surface area contributed by atoms with E-state index in [2.05, 4.69) is 10.3 Å². The number of nitrogens with one attached hydrogen (secondary N) is 1. The Bertz CT molecular complexity index is 574. The van der Waals surface area contributed by atoms with Gasteiger partial charge in [-0.05, 0) is 25.1 Å². The van der Waals surface area contributed by atoms with E-state index in [9.17, 15) is 4.39 Å². The van der Waals surface area contributed by atoms with Crippen LogP contribution in [0.25, 0.3) is 0 Å². The van der Waals surface area contributed by atoms with Gasteiger partial charge < -0.3 is 15.3 Å². The SMILES string of the molecule is CC(Nc1ccc(N(C)CCO)cn1)c1ccccc1F. The maximum atomic E-state index is 13.7. The van der Waals surface area contributed by atoms with Gasteiger partial charge in [0.1, 0.15) is 11.6 Å². The predicted molar refractivity (Wildman–Crippen MR) is 83.0 cm³/mol. The van der Waals surface area contributed by atoms with E-state index >= 15 is 0 Å². The molecule has 0 saturated carbocycles. The average Bonchev–Trinajstić information content (AvgIpc) is 2.48. The zero-order valence-electron chi connectivity index (χ0n) is 12.3. The van der Waals surface area contributed by atoms with Gasteiger partial charge in [-0.25, -0.2) is 9.37 Å². The highest BCUT2D eigenvalue weighted by atomic mass is 19.1. The third-order valence-electron chi connectivity index (χ3n) is 3.36. The van der Waals surface area contributed by atoms with Gasteiger partial charge in [-0.2, -0.15) is 0 Å². The van der Waals surface area contributed by atoms with Crippen LogP contribution in [0, 0.1) is 5.82 Å². The lowest BCUT2D eigenvalue weighted by molar-refractivity contribution is 0.304. The van der Waals surface area contributed by atoms with Gasteiger partial charge in [0, 0.05) is 19.2 Å². The van der Waals surface area contributed by atoms with Crippen molar-refractivity contribution in [2.75, 3.05) is 30.4 Å². The van der Waals surface area contributed by atoms with Crippen molar-refractivity contribution in [3.05, 3.63) is 54.0 Å². The van der Waals surface area contributed by atoms with Crippen LogP contribution in [0.4, 0.5) is 15.9 Å². The van der Waals surface area contributed by atoms with Gasteiger partial charge in [0.15, 0.2) is 0 Å². The van der Waals surface area contributed by atoms with E-state index in [0.29, 0.717) is 17.9 Å². The first kappa shape index (κ1) is 15.3. The van der Waals surface area contributed by atoms with Gasteiger partial charge in [-0.15, -0.1) is 0 Å². The third kappa shape index (κ3) is 3.92. The molecule has 0 fully saturated rings. The van der Waals surface area contributed by atoms with Gasteiger partial charge in [0.2, 0.25) is 0 Å². The molecule has 2 N–H and O–H groups in total. The maximum Gasteiger partial charge on any atom is 0.128 e. The molecule has 0 bridgehead atoms. The van der Waals surface area contributed by atoms with Crippen LogP contribution in [-0.2, 0) is 0 Å². The Kier molecular flexibility index (Phi) is 5.11. The molecule has 4 nitrogen and oxygen atoms in total. The molecule has 0 aliphatic heterocycles. The van der Waals surface area contributed by atoms with E-state index in [-0.39, 0.29) is 18.5 Å². The number of aliphatic hydroxyl groups excluding tert-OH is 1. The van der Waals surface area contributed by atoms with Crippen molar-refractivity contribution in [3.63, 3.8) is 0 Å². The molecule has 1 heterocycles. The van der Waals surface area contributed by atoms with Crippen LogP contribution in [-0.4, -0.2) is 30.3 Å². The Balaban J connectivity index is 2.05. The molecule has 5 heteroatoms. The van der Waals surface area contributed by atoms with E-state index in [1.165, 1.54) is 6.07 Å². The highest BCUT2D eigenvalue weighted by Gasteiger charge is 2.10. The number of rotatable bonds is 6. The van der Waals surface area contributed by atoms with Crippen LogP contribution in [0.15, 0.2) is 42.6 Å². The first-order valence-electron chi connectivity index (χ1n) is 6.91.